The van der Waals surface area contributed by atoms with Crippen molar-refractivity contribution in [2.24, 2.45) is 0 Å². The molecule has 0 spiro atoms. The van der Waals surface area contributed by atoms with Gasteiger partial charge in [-0.2, -0.15) is 0 Å². The van der Waals surface area contributed by atoms with E-state index in [1.807, 2.05) is 11.0 Å². The van der Waals surface area contributed by atoms with E-state index in [-0.39, 0.29) is 11.9 Å². The van der Waals surface area contributed by atoms with Gasteiger partial charge in [-0.25, -0.2) is 0 Å². The summed E-state index contributed by atoms with van der Waals surface area (Å²) in [4.78, 5) is 16.3. The van der Waals surface area contributed by atoms with Crippen LogP contribution in [0.3, 0.4) is 0 Å². The van der Waals surface area contributed by atoms with Crippen LogP contribution in [0.1, 0.15) is 40.2 Å². The molecule has 1 aromatic carbocycles. The molecule has 5 heteroatoms. The van der Waals surface area contributed by atoms with E-state index in [1.165, 1.54) is 10.4 Å². The molecule has 1 aromatic heterocycles. The molecular formula is C16H17BrN2OS. The second kappa shape index (κ2) is 5.81. The first kappa shape index (κ1) is 14.6. The monoisotopic (exact) mass is 364 g/mol. The Kier molecular flexibility index (Phi) is 4.04. The van der Waals surface area contributed by atoms with Crippen molar-refractivity contribution in [1.29, 1.82) is 0 Å². The molecule has 2 heterocycles. The quantitative estimate of drug-likeness (QED) is 0.809. The highest BCUT2D eigenvalue weighted by atomic mass is 79.9. The van der Waals surface area contributed by atoms with Crippen LogP contribution in [0.25, 0.3) is 0 Å². The highest BCUT2D eigenvalue weighted by Gasteiger charge is 2.30. The number of carbonyl (C=O) groups excluding carboxylic acids is 1. The molecule has 2 N–H and O–H groups in total. The fraction of sp³-hybridized carbons (Fsp3) is 0.312. The molecule has 0 radical (unpaired) electrons. The molecule has 21 heavy (non-hydrogen) atoms. The molecule has 0 bridgehead atoms. The Labute approximate surface area is 136 Å². The number of benzene rings is 1. The molecule has 0 saturated heterocycles. The van der Waals surface area contributed by atoms with E-state index in [4.69, 9.17) is 5.73 Å². The van der Waals surface area contributed by atoms with Crippen molar-refractivity contribution in [3.8, 4) is 0 Å². The lowest BCUT2D eigenvalue weighted by Gasteiger charge is -2.35. The fourth-order valence-electron chi connectivity index (χ4n) is 2.98. The Hall–Kier alpha value is -1.33. The van der Waals surface area contributed by atoms with Crippen molar-refractivity contribution in [2.45, 2.75) is 25.8 Å². The van der Waals surface area contributed by atoms with Crippen LogP contribution in [0.2, 0.25) is 0 Å². The number of nitrogens with two attached hydrogens (primary N) is 1. The van der Waals surface area contributed by atoms with E-state index >= 15 is 0 Å². The molecule has 1 aliphatic rings. The molecule has 0 fully saturated rings. The highest BCUT2D eigenvalue weighted by molar-refractivity contribution is 9.10. The topological polar surface area (TPSA) is 46.3 Å². The van der Waals surface area contributed by atoms with E-state index in [1.54, 1.807) is 23.5 Å². The van der Waals surface area contributed by atoms with Crippen LogP contribution < -0.4 is 5.73 Å². The number of nitrogens with zero attached hydrogens (tertiary/aromatic N) is 1. The molecule has 1 aliphatic heterocycles. The number of fused-ring (bicyclic) bond motifs is 1. The molecule has 0 aliphatic carbocycles. The van der Waals surface area contributed by atoms with Crippen molar-refractivity contribution in [2.75, 3.05) is 12.3 Å². The minimum atomic E-state index is 0.0618. The van der Waals surface area contributed by atoms with Crippen molar-refractivity contribution < 1.29 is 4.79 Å². The maximum atomic E-state index is 12.9. The van der Waals surface area contributed by atoms with Gasteiger partial charge in [0.1, 0.15) is 0 Å². The predicted octanol–water partition coefficient (Wildman–Crippen LogP) is 4.24. The summed E-state index contributed by atoms with van der Waals surface area (Å²) in [5.74, 6) is 0.0618. The van der Waals surface area contributed by atoms with Crippen LogP contribution >= 0.6 is 27.3 Å². The average Bonchev–Trinajstić information content (AvgIpc) is 2.92. The van der Waals surface area contributed by atoms with Crippen LogP contribution in [-0.4, -0.2) is 17.4 Å². The lowest BCUT2D eigenvalue weighted by molar-refractivity contribution is 0.0657. The summed E-state index contributed by atoms with van der Waals surface area (Å²) < 4.78 is 0.840. The summed E-state index contributed by atoms with van der Waals surface area (Å²) in [7, 11) is 0. The molecule has 3 rings (SSSR count). The number of anilines is 1. The van der Waals surface area contributed by atoms with Crippen molar-refractivity contribution in [3.05, 3.63) is 50.1 Å². The van der Waals surface area contributed by atoms with Gasteiger partial charge in [0, 0.05) is 27.1 Å². The molecule has 110 valence electrons. The maximum absolute atomic E-state index is 12.9. The van der Waals surface area contributed by atoms with Gasteiger partial charge >= 0.3 is 0 Å². The molecule has 1 amide bonds. The van der Waals surface area contributed by atoms with Crippen molar-refractivity contribution >= 4 is 38.9 Å². The van der Waals surface area contributed by atoms with Gasteiger partial charge in [0.15, 0.2) is 0 Å². The number of amides is 1. The molecule has 0 saturated carbocycles. The number of hydrogen-bond acceptors (Lipinski definition) is 3. The van der Waals surface area contributed by atoms with Crippen LogP contribution in [0.5, 0.6) is 0 Å². The van der Waals surface area contributed by atoms with Gasteiger partial charge in [-0.3, -0.25) is 4.79 Å². The lowest BCUT2D eigenvalue weighted by Crippen LogP contribution is -2.39. The predicted molar refractivity (Wildman–Crippen MR) is 90.6 cm³/mol. The first-order valence-electron chi connectivity index (χ1n) is 7.03. The van der Waals surface area contributed by atoms with Gasteiger partial charge in [-0.05, 0) is 48.1 Å². The Bertz CT molecular complexity index is 662. The first-order chi connectivity index (χ1) is 10.1. The minimum Gasteiger partial charge on any atom is -0.399 e. The number of thiophene rings is 1. The van der Waals surface area contributed by atoms with Crippen LogP contribution in [0.4, 0.5) is 5.69 Å². The Morgan fingerprint density at radius 1 is 1.48 bits per heavy atom. The SMILES string of the molecule is CCC1c2ccsc2CCN1C(=O)c1cc(N)cc(Br)c1. The van der Waals surface area contributed by atoms with Gasteiger partial charge in [0.25, 0.3) is 5.91 Å². The van der Waals surface area contributed by atoms with E-state index in [0.29, 0.717) is 11.3 Å². The zero-order chi connectivity index (χ0) is 15.0. The summed E-state index contributed by atoms with van der Waals surface area (Å²) in [6.07, 6.45) is 1.87. The Morgan fingerprint density at radius 2 is 2.29 bits per heavy atom. The number of halogens is 1. The zero-order valence-corrected chi connectivity index (χ0v) is 14.2. The molecule has 2 aromatic rings. The largest absolute Gasteiger partial charge is 0.399 e. The van der Waals surface area contributed by atoms with Crippen molar-refractivity contribution in [1.82, 2.24) is 4.90 Å². The molecular weight excluding hydrogens is 348 g/mol. The van der Waals surface area contributed by atoms with Gasteiger partial charge < -0.3 is 10.6 Å². The zero-order valence-electron chi connectivity index (χ0n) is 11.8. The summed E-state index contributed by atoms with van der Waals surface area (Å²) in [5, 5.41) is 2.12. The van der Waals surface area contributed by atoms with E-state index in [0.717, 1.165) is 23.9 Å². The van der Waals surface area contributed by atoms with Gasteiger partial charge in [0.2, 0.25) is 0 Å². The fourth-order valence-corrected chi connectivity index (χ4v) is 4.42. The second-order valence-electron chi connectivity index (χ2n) is 5.24. The van der Waals surface area contributed by atoms with Crippen LogP contribution in [-0.2, 0) is 6.42 Å². The average molecular weight is 365 g/mol. The first-order valence-corrected chi connectivity index (χ1v) is 8.70. The normalized spacial score (nSPS) is 17.6. The second-order valence-corrected chi connectivity index (χ2v) is 7.16. The molecule has 3 nitrogen and oxygen atoms in total. The third-order valence-electron chi connectivity index (χ3n) is 3.91. The summed E-state index contributed by atoms with van der Waals surface area (Å²) in [6.45, 7) is 2.91. The number of nitrogen functional groups attached to an aromatic ring is 1. The van der Waals surface area contributed by atoms with Gasteiger partial charge in [-0.15, -0.1) is 11.3 Å². The van der Waals surface area contributed by atoms with E-state index < -0.39 is 0 Å². The minimum absolute atomic E-state index is 0.0618. The van der Waals surface area contributed by atoms with Crippen LogP contribution in [0.15, 0.2) is 34.1 Å². The third-order valence-corrected chi connectivity index (χ3v) is 5.36. The molecule has 1 unspecified atom stereocenters. The van der Waals surface area contributed by atoms with Gasteiger partial charge in [0.05, 0.1) is 6.04 Å². The number of hydrogen-bond donors (Lipinski definition) is 1. The molecule has 1 atom stereocenters. The highest BCUT2D eigenvalue weighted by Crippen LogP contribution is 2.36. The summed E-state index contributed by atoms with van der Waals surface area (Å²) in [5.41, 5.74) is 8.42. The summed E-state index contributed by atoms with van der Waals surface area (Å²) >= 11 is 5.20. The Morgan fingerprint density at radius 3 is 3.00 bits per heavy atom. The number of carbonyl (C=O) groups is 1. The summed E-state index contributed by atoms with van der Waals surface area (Å²) in [6, 6.07) is 7.73. The van der Waals surface area contributed by atoms with E-state index in [2.05, 4.69) is 34.3 Å². The number of rotatable bonds is 2. The smallest absolute Gasteiger partial charge is 0.254 e. The van der Waals surface area contributed by atoms with Crippen molar-refractivity contribution in [3.63, 3.8) is 0 Å². The maximum Gasteiger partial charge on any atom is 0.254 e. The van der Waals surface area contributed by atoms with Gasteiger partial charge in [-0.1, -0.05) is 22.9 Å². The Balaban J connectivity index is 1.94. The lowest BCUT2D eigenvalue weighted by atomic mass is 9.97. The standard InChI is InChI=1S/C16H17BrN2OS/c1-2-14-13-4-6-21-15(13)3-5-19(14)16(20)10-7-11(17)9-12(18)8-10/h4,6-9,14H,2-3,5,18H2,1H3. The van der Waals surface area contributed by atoms with E-state index in [9.17, 15) is 4.79 Å². The third kappa shape index (κ3) is 2.72. The van der Waals surface area contributed by atoms with Crippen LogP contribution in [0, 0.1) is 0 Å².